The molecule has 0 aliphatic heterocycles. The maximum absolute atomic E-state index is 12.4. The Balaban J connectivity index is 2.39. The summed E-state index contributed by atoms with van der Waals surface area (Å²) in [6.45, 7) is 3.68. The van der Waals surface area contributed by atoms with Crippen LogP contribution in [0.2, 0.25) is 0 Å². The monoisotopic (exact) mass is 387 g/mol. The predicted octanol–water partition coefficient (Wildman–Crippen LogP) is 4.71. The minimum Gasteiger partial charge on any atom is -0.478 e. The molecule has 6 nitrogen and oxygen atoms in total. The van der Waals surface area contributed by atoms with Crippen LogP contribution in [0.5, 0.6) is 0 Å². The molecule has 0 aliphatic carbocycles. The van der Waals surface area contributed by atoms with Gasteiger partial charge in [-0.05, 0) is 42.2 Å². The second kappa shape index (κ2) is 6.67. The lowest BCUT2D eigenvalue weighted by molar-refractivity contribution is -0.620. The van der Waals surface area contributed by atoms with Gasteiger partial charge in [-0.25, -0.2) is 4.79 Å². The molecule has 3 aromatic carbocycles. The summed E-state index contributed by atoms with van der Waals surface area (Å²) in [6.07, 6.45) is 0. The van der Waals surface area contributed by atoms with E-state index in [-0.39, 0.29) is 11.3 Å². The topological polar surface area (TPSA) is 84.3 Å². The Bertz CT molecular complexity index is 1330. The minimum absolute atomic E-state index is 0.0822. The van der Waals surface area contributed by atoms with Crippen molar-refractivity contribution in [2.75, 3.05) is 0 Å². The van der Waals surface area contributed by atoms with Crippen molar-refractivity contribution < 1.29 is 19.4 Å². The first-order valence-electron chi connectivity index (χ1n) is 9.14. The van der Waals surface area contributed by atoms with E-state index in [0.717, 1.165) is 11.1 Å². The van der Waals surface area contributed by atoms with E-state index >= 15 is 0 Å². The molecule has 4 aromatic rings. The van der Waals surface area contributed by atoms with Crippen LogP contribution in [0.1, 0.15) is 21.5 Å². The lowest BCUT2D eigenvalue weighted by atomic mass is 9.90. The molecule has 29 heavy (non-hydrogen) atoms. The fourth-order valence-electron chi connectivity index (χ4n) is 4.10. The Morgan fingerprint density at radius 3 is 2.38 bits per heavy atom. The van der Waals surface area contributed by atoms with Crippen LogP contribution in [0.4, 0.5) is 5.69 Å². The number of pyridine rings is 1. The highest BCUT2D eigenvalue weighted by Crippen LogP contribution is 2.40. The number of fused-ring (bicyclic) bond motifs is 2. The van der Waals surface area contributed by atoms with Crippen molar-refractivity contribution in [3.05, 3.63) is 81.4 Å². The molecule has 6 heteroatoms. The lowest BCUT2D eigenvalue weighted by Crippen LogP contribution is -2.32. The van der Waals surface area contributed by atoms with Gasteiger partial charge >= 0.3 is 11.7 Å². The summed E-state index contributed by atoms with van der Waals surface area (Å²) < 4.78 is 1.73. The first kappa shape index (κ1) is 18.6. The first-order valence-corrected chi connectivity index (χ1v) is 9.14. The highest BCUT2D eigenvalue weighted by molar-refractivity contribution is 6.18. The second-order valence-corrected chi connectivity index (χ2v) is 7.19. The summed E-state index contributed by atoms with van der Waals surface area (Å²) in [5.74, 6) is -1.11. The quantitative estimate of drug-likeness (QED) is 0.239. The van der Waals surface area contributed by atoms with Crippen LogP contribution in [0.15, 0.2) is 54.6 Å². The summed E-state index contributed by atoms with van der Waals surface area (Å²) in [4.78, 5) is 23.9. The number of nitro groups is 1. The lowest BCUT2D eigenvalue weighted by Gasteiger charge is -2.14. The molecule has 0 radical (unpaired) electrons. The average Bonchev–Trinajstić information content (AvgIpc) is 2.68. The summed E-state index contributed by atoms with van der Waals surface area (Å²) in [5.41, 5.74) is 4.03. The number of hydrogen-bond donors (Lipinski definition) is 1. The number of carboxylic acid groups (broad SMARTS) is 1. The standard InChI is InChI=1S/C23H18N2O4/c1-13-9-10-16-17(11-13)24(3)22-18(25(28)29)12-14(2)19(15-7-5-4-6-8-15)21(22)20(16)23(26)27/h4-12H,1-3H3/p+1. The highest BCUT2D eigenvalue weighted by atomic mass is 16.6. The van der Waals surface area contributed by atoms with Gasteiger partial charge in [-0.1, -0.05) is 36.4 Å². The van der Waals surface area contributed by atoms with Gasteiger partial charge in [0, 0.05) is 12.1 Å². The van der Waals surface area contributed by atoms with Crippen molar-refractivity contribution >= 4 is 33.5 Å². The number of nitrogens with zero attached hydrogens (tertiary/aromatic N) is 2. The van der Waals surface area contributed by atoms with Gasteiger partial charge in [0.05, 0.1) is 21.3 Å². The van der Waals surface area contributed by atoms with E-state index in [1.165, 1.54) is 6.07 Å². The van der Waals surface area contributed by atoms with E-state index in [2.05, 4.69) is 0 Å². The SMILES string of the molecule is Cc1ccc2c(C(=O)O)c3c(-c4ccccc4)c(C)cc([N+](=O)[O-])c3[n+](C)c2c1. The molecule has 0 unspecified atom stereocenters. The van der Waals surface area contributed by atoms with Gasteiger partial charge in [-0.2, -0.15) is 4.57 Å². The zero-order valence-corrected chi connectivity index (χ0v) is 16.3. The van der Waals surface area contributed by atoms with Crippen LogP contribution >= 0.6 is 0 Å². The summed E-state index contributed by atoms with van der Waals surface area (Å²) in [5, 5.41) is 23.0. The molecule has 0 saturated heterocycles. The fourth-order valence-corrected chi connectivity index (χ4v) is 4.10. The summed E-state index contributed by atoms with van der Waals surface area (Å²) in [7, 11) is 1.74. The van der Waals surface area contributed by atoms with Crippen molar-refractivity contribution in [1.29, 1.82) is 0 Å². The second-order valence-electron chi connectivity index (χ2n) is 7.19. The molecule has 0 aliphatic rings. The molecule has 1 aromatic heterocycles. The fraction of sp³-hybridized carbons (Fsp3) is 0.130. The molecular weight excluding hydrogens is 368 g/mol. The molecule has 0 fully saturated rings. The summed E-state index contributed by atoms with van der Waals surface area (Å²) >= 11 is 0. The van der Waals surface area contributed by atoms with E-state index < -0.39 is 10.9 Å². The number of non-ortho nitro benzene ring substituents is 1. The number of hydrogen-bond acceptors (Lipinski definition) is 3. The Hall–Kier alpha value is -3.80. The van der Waals surface area contributed by atoms with Crippen molar-refractivity contribution in [3.8, 4) is 11.1 Å². The van der Waals surface area contributed by atoms with Gasteiger partial charge in [0.2, 0.25) is 5.52 Å². The zero-order chi connectivity index (χ0) is 20.9. The van der Waals surface area contributed by atoms with E-state index in [1.54, 1.807) is 24.6 Å². The molecule has 144 valence electrons. The molecule has 0 atom stereocenters. The molecule has 0 spiro atoms. The third kappa shape index (κ3) is 2.81. The van der Waals surface area contributed by atoms with Gasteiger partial charge in [0.1, 0.15) is 7.05 Å². The number of aromatic carboxylic acids is 1. The van der Waals surface area contributed by atoms with Crippen molar-refractivity contribution in [1.82, 2.24) is 0 Å². The Morgan fingerprint density at radius 1 is 1.07 bits per heavy atom. The van der Waals surface area contributed by atoms with Crippen LogP contribution in [-0.2, 0) is 7.05 Å². The van der Waals surface area contributed by atoms with Gasteiger partial charge in [0.15, 0.2) is 0 Å². The number of rotatable bonds is 3. The molecule has 1 heterocycles. The van der Waals surface area contributed by atoms with Crippen molar-refractivity contribution in [2.24, 2.45) is 7.05 Å². The van der Waals surface area contributed by atoms with Crippen LogP contribution in [0.25, 0.3) is 32.9 Å². The number of aromatic nitrogens is 1. The molecular formula is C23H19N2O4+. The van der Waals surface area contributed by atoms with Gasteiger partial charge in [-0.3, -0.25) is 10.1 Å². The molecule has 0 bridgehead atoms. The number of nitro benzene ring substituents is 1. The number of aryl methyl sites for hydroxylation is 3. The van der Waals surface area contributed by atoms with Crippen LogP contribution in [0, 0.1) is 24.0 Å². The summed E-state index contributed by atoms with van der Waals surface area (Å²) in [6, 6.07) is 16.4. The van der Waals surface area contributed by atoms with Gasteiger partial charge in [0.25, 0.3) is 5.52 Å². The normalized spacial score (nSPS) is 11.1. The van der Waals surface area contributed by atoms with Crippen LogP contribution in [-0.4, -0.2) is 16.0 Å². The molecule has 0 amide bonds. The van der Waals surface area contributed by atoms with Crippen LogP contribution in [0.3, 0.4) is 0 Å². The Labute approximate surface area is 166 Å². The Kier molecular flexibility index (Phi) is 4.27. The van der Waals surface area contributed by atoms with Gasteiger partial charge in [-0.15, -0.1) is 0 Å². The zero-order valence-electron chi connectivity index (χ0n) is 16.3. The smallest absolute Gasteiger partial charge is 0.340 e. The third-order valence-corrected chi connectivity index (χ3v) is 5.32. The van der Waals surface area contributed by atoms with E-state index in [1.807, 2.05) is 49.4 Å². The minimum atomic E-state index is -1.11. The van der Waals surface area contributed by atoms with E-state index in [9.17, 15) is 20.0 Å². The first-order chi connectivity index (χ1) is 13.8. The van der Waals surface area contributed by atoms with E-state index in [0.29, 0.717) is 32.9 Å². The predicted molar refractivity (Wildman–Crippen MR) is 111 cm³/mol. The maximum Gasteiger partial charge on any atom is 0.340 e. The van der Waals surface area contributed by atoms with Crippen molar-refractivity contribution in [2.45, 2.75) is 13.8 Å². The molecule has 4 rings (SSSR count). The van der Waals surface area contributed by atoms with Gasteiger partial charge < -0.3 is 5.11 Å². The number of benzene rings is 3. The average molecular weight is 387 g/mol. The number of carbonyl (C=O) groups is 1. The Morgan fingerprint density at radius 2 is 1.76 bits per heavy atom. The van der Waals surface area contributed by atoms with Crippen LogP contribution < -0.4 is 4.57 Å². The largest absolute Gasteiger partial charge is 0.478 e. The molecule has 0 saturated carbocycles. The van der Waals surface area contributed by atoms with E-state index in [4.69, 9.17) is 0 Å². The molecule has 1 N–H and O–H groups in total. The van der Waals surface area contributed by atoms with Crippen molar-refractivity contribution in [3.63, 3.8) is 0 Å². The number of carboxylic acids is 1. The third-order valence-electron chi connectivity index (χ3n) is 5.32. The maximum atomic E-state index is 12.4. The highest BCUT2D eigenvalue weighted by Gasteiger charge is 2.32.